The fourth-order valence-electron chi connectivity index (χ4n) is 3.82. The van der Waals surface area contributed by atoms with Gasteiger partial charge in [-0.2, -0.15) is 0 Å². The van der Waals surface area contributed by atoms with E-state index >= 15 is 0 Å². The van der Waals surface area contributed by atoms with Crippen LogP contribution in [0.25, 0.3) is 11.0 Å². The number of amides is 1. The number of esters is 1. The van der Waals surface area contributed by atoms with Gasteiger partial charge in [0.15, 0.2) is 0 Å². The lowest BCUT2D eigenvalue weighted by Crippen LogP contribution is -2.42. The van der Waals surface area contributed by atoms with Crippen molar-refractivity contribution in [1.29, 1.82) is 0 Å². The number of carbonyl (C=O) groups is 2. The fraction of sp³-hybridized carbons (Fsp3) is 0.292. The average Bonchev–Trinajstić information content (AvgIpc) is 3.25. The van der Waals surface area contributed by atoms with Crippen LogP contribution in [0, 0.1) is 13.8 Å². The van der Waals surface area contributed by atoms with Crippen LogP contribution in [-0.2, 0) is 16.1 Å². The van der Waals surface area contributed by atoms with Crippen molar-refractivity contribution in [2.24, 2.45) is 0 Å². The number of likely N-dealkylation sites (tertiary alicyclic amines) is 1. The number of carbonyl (C=O) groups excluding carboxylic acids is 2. The quantitative estimate of drug-likeness (QED) is 0.358. The Bertz CT molecular complexity index is 1180. The van der Waals surface area contributed by atoms with Crippen LogP contribution < -0.4 is 10.4 Å². The predicted octanol–water partition coefficient (Wildman–Crippen LogP) is 4.12. The number of fused-ring (bicyclic) bond motifs is 1. The molecular weight excluding hydrogens is 398 g/mol. The number of rotatable bonds is 4. The van der Waals surface area contributed by atoms with Gasteiger partial charge in [-0.05, 0) is 49.9 Å². The van der Waals surface area contributed by atoms with E-state index in [1.807, 2.05) is 37.3 Å². The van der Waals surface area contributed by atoms with Gasteiger partial charge in [0.2, 0.25) is 0 Å². The van der Waals surface area contributed by atoms with Gasteiger partial charge < -0.3 is 13.9 Å². The number of nitrogens with zero attached hydrogens (tertiary/aromatic N) is 1. The molecule has 0 radical (unpaired) electrons. The first-order chi connectivity index (χ1) is 14.9. The molecule has 0 saturated carbocycles. The molecule has 3 aromatic rings. The molecule has 1 aliphatic heterocycles. The van der Waals surface area contributed by atoms with E-state index < -0.39 is 23.7 Å². The van der Waals surface area contributed by atoms with E-state index in [9.17, 15) is 14.4 Å². The minimum atomic E-state index is -0.720. The highest BCUT2D eigenvalue weighted by molar-refractivity contribution is 5.88. The second kappa shape index (κ2) is 8.63. The topological polar surface area (TPSA) is 86.0 Å². The van der Waals surface area contributed by atoms with Gasteiger partial charge in [-0.3, -0.25) is 4.90 Å². The SMILES string of the molecule is Cc1cc(=O)oc2c(C)c(OC(=O)[C@@H]3CCCN3C(=O)OCc3ccccc3)ccc12. The van der Waals surface area contributed by atoms with Crippen LogP contribution in [0.4, 0.5) is 4.79 Å². The highest BCUT2D eigenvalue weighted by Crippen LogP contribution is 2.29. The van der Waals surface area contributed by atoms with Gasteiger partial charge in [-0.25, -0.2) is 14.4 Å². The van der Waals surface area contributed by atoms with Crippen molar-refractivity contribution in [2.75, 3.05) is 6.54 Å². The zero-order valence-corrected chi connectivity index (χ0v) is 17.4. The molecule has 0 unspecified atom stereocenters. The van der Waals surface area contributed by atoms with Crippen molar-refractivity contribution < 1.29 is 23.5 Å². The number of hydrogen-bond acceptors (Lipinski definition) is 6. The summed E-state index contributed by atoms with van der Waals surface area (Å²) in [6, 6.07) is 13.5. The summed E-state index contributed by atoms with van der Waals surface area (Å²) in [6.45, 7) is 4.12. The molecular formula is C24H23NO6. The second-order valence-corrected chi connectivity index (χ2v) is 7.63. The molecule has 4 rings (SSSR count). The van der Waals surface area contributed by atoms with Crippen LogP contribution in [0.1, 0.15) is 29.5 Å². The van der Waals surface area contributed by atoms with Gasteiger partial charge in [0.25, 0.3) is 0 Å². The summed E-state index contributed by atoms with van der Waals surface area (Å²) in [5, 5.41) is 0.781. The van der Waals surface area contributed by atoms with Crippen molar-refractivity contribution in [1.82, 2.24) is 4.90 Å². The predicted molar refractivity (Wildman–Crippen MR) is 114 cm³/mol. The maximum absolute atomic E-state index is 12.9. The van der Waals surface area contributed by atoms with Crippen molar-refractivity contribution in [3.63, 3.8) is 0 Å². The Morgan fingerprint density at radius 3 is 2.68 bits per heavy atom. The summed E-state index contributed by atoms with van der Waals surface area (Å²) in [5.74, 6) is -0.234. The van der Waals surface area contributed by atoms with Crippen LogP contribution in [0.3, 0.4) is 0 Å². The third kappa shape index (κ3) is 4.30. The van der Waals surface area contributed by atoms with Crippen molar-refractivity contribution in [3.8, 4) is 5.75 Å². The summed E-state index contributed by atoms with van der Waals surface area (Å²) in [4.78, 5) is 38.6. The minimum absolute atomic E-state index is 0.139. The Kier molecular flexibility index (Phi) is 5.75. The van der Waals surface area contributed by atoms with E-state index in [0.717, 1.165) is 16.5 Å². The van der Waals surface area contributed by atoms with Crippen molar-refractivity contribution in [3.05, 3.63) is 75.6 Å². The number of benzene rings is 2. The van der Waals surface area contributed by atoms with Gasteiger partial charge in [-0.15, -0.1) is 0 Å². The molecule has 0 N–H and O–H groups in total. The first-order valence-electron chi connectivity index (χ1n) is 10.2. The van der Waals surface area contributed by atoms with Crippen molar-refractivity contribution >= 4 is 23.0 Å². The van der Waals surface area contributed by atoms with E-state index in [2.05, 4.69) is 0 Å². The molecule has 2 heterocycles. The lowest BCUT2D eigenvalue weighted by atomic mass is 10.1. The normalized spacial score (nSPS) is 15.8. The lowest BCUT2D eigenvalue weighted by molar-refractivity contribution is -0.139. The lowest BCUT2D eigenvalue weighted by Gasteiger charge is -2.23. The molecule has 1 fully saturated rings. The summed E-state index contributed by atoms with van der Waals surface area (Å²) in [7, 11) is 0. The fourth-order valence-corrected chi connectivity index (χ4v) is 3.82. The molecule has 0 aliphatic carbocycles. The number of hydrogen-bond donors (Lipinski definition) is 0. The second-order valence-electron chi connectivity index (χ2n) is 7.63. The Morgan fingerprint density at radius 2 is 1.90 bits per heavy atom. The van der Waals surface area contributed by atoms with Gasteiger partial charge in [0, 0.05) is 23.6 Å². The highest BCUT2D eigenvalue weighted by Gasteiger charge is 2.36. The Labute approximate surface area is 179 Å². The van der Waals surface area contributed by atoms with Crippen molar-refractivity contribution in [2.45, 2.75) is 39.3 Å². The van der Waals surface area contributed by atoms with Crippen LogP contribution in [0.15, 0.2) is 57.7 Å². The van der Waals surface area contributed by atoms with E-state index in [1.165, 1.54) is 11.0 Å². The van der Waals surface area contributed by atoms with Gasteiger partial charge in [0.1, 0.15) is 24.0 Å². The van der Waals surface area contributed by atoms with Gasteiger partial charge in [-0.1, -0.05) is 30.3 Å². The van der Waals surface area contributed by atoms with Gasteiger partial charge >= 0.3 is 17.7 Å². The Morgan fingerprint density at radius 1 is 1.13 bits per heavy atom. The number of ether oxygens (including phenoxy) is 2. The molecule has 1 aliphatic rings. The molecule has 0 spiro atoms. The summed E-state index contributed by atoms with van der Waals surface area (Å²) in [5.41, 5.74) is 2.15. The summed E-state index contributed by atoms with van der Waals surface area (Å²) >= 11 is 0. The Hall–Kier alpha value is -3.61. The third-order valence-electron chi connectivity index (χ3n) is 5.49. The molecule has 1 saturated heterocycles. The molecule has 1 aromatic heterocycles. The minimum Gasteiger partial charge on any atom is -0.445 e. The van der Waals surface area contributed by atoms with E-state index in [4.69, 9.17) is 13.9 Å². The van der Waals surface area contributed by atoms with Crippen LogP contribution in [0.2, 0.25) is 0 Å². The first-order valence-corrected chi connectivity index (χ1v) is 10.2. The molecule has 0 bridgehead atoms. The molecule has 2 aromatic carbocycles. The van der Waals surface area contributed by atoms with Crippen LogP contribution >= 0.6 is 0 Å². The molecule has 7 nitrogen and oxygen atoms in total. The molecule has 160 valence electrons. The summed E-state index contributed by atoms with van der Waals surface area (Å²) in [6.07, 6.45) is 0.644. The monoisotopic (exact) mass is 421 g/mol. The molecule has 7 heteroatoms. The standard InChI is InChI=1S/C24H23NO6/c1-15-13-21(26)31-22-16(2)20(11-10-18(15)22)30-23(27)19-9-6-12-25(19)24(28)29-14-17-7-4-3-5-8-17/h3-5,7-8,10-11,13,19H,6,9,12,14H2,1-2H3/t19-/m0/s1. The molecule has 31 heavy (non-hydrogen) atoms. The average molecular weight is 421 g/mol. The van der Waals surface area contributed by atoms with E-state index in [0.29, 0.717) is 36.3 Å². The Balaban J connectivity index is 1.48. The number of aryl methyl sites for hydroxylation is 2. The zero-order chi connectivity index (χ0) is 22.0. The van der Waals surface area contributed by atoms with E-state index in [1.54, 1.807) is 19.1 Å². The van der Waals surface area contributed by atoms with E-state index in [-0.39, 0.29) is 6.61 Å². The highest BCUT2D eigenvalue weighted by atomic mass is 16.6. The maximum atomic E-state index is 12.9. The van der Waals surface area contributed by atoms with Crippen LogP contribution in [0.5, 0.6) is 5.75 Å². The smallest absolute Gasteiger partial charge is 0.410 e. The third-order valence-corrected chi connectivity index (χ3v) is 5.49. The summed E-state index contributed by atoms with van der Waals surface area (Å²) < 4.78 is 16.3. The first kappa shape index (κ1) is 20.7. The van der Waals surface area contributed by atoms with Gasteiger partial charge in [0.05, 0.1) is 0 Å². The molecule has 1 atom stereocenters. The molecule has 1 amide bonds. The van der Waals surface area contributed by atoms with Crippen LogP contribution in [-0.4, -0.2) is 29.5 Å². The zero-order valence-electron chi connectivity index (χ0n) is 17.4. The maximum Gasteiger partial charge on any atom is 0.410 e. The largest absolute Gasteiger partial charge is 0.445 e.